The quantitative estimate of drug-likeness (QED) is 0.699. The van der Waals surface area contributed by atoms with Gasteiger partial charge in [-0.25, -0.2) is 0 Å². The number of aliphatic hydroxyl groups is 1. The summed E-state index contributed by atoms with van der Waals surface area (Å²) in [6.07, 6.45) is 0.487. The van der Waals surface area contributed by atoms with Gasteiger partial charge in [-0.2, -0.15) is 4.98 Å². The number of hydrogen-bond donors (Lipinski definition) is 2. The number of fused-ring (bicyclic) bond motifs is 1. The van der Waals surface area contributed by atoms with Crippen LogP contribution >= 0.6 is 0 Å². The molecule has 0 radical (unpaired) electrons. The minimum Gasteiger partial charge on any atom is -0.423 e. The number of hydrogen-bond acceptors (Lipinski definition) is 5. The van der Waals surface area contributed by atoms with Crippen molar-refractivity contribution in [2.75, 3.05) is 23.7 Å². The standard InChI is InChI=1S/C11H13N3O2/c12-7-1-2-10-9(5-7)13-11(16-10)14-4-3-8(15)6-14/h1-2,5,8,15H,3-4,6,12H2/t8-/m0/s1. The summed E-state index contributed by atoms with van der Waals surface area (Å²) in [6, 6.07) is 5.95. The number of β-amino-alcohol motifs (C(OH)–C–C–N with tert-alkyl or cyclic N) is 1. The van der Waals surface area contributed by atoms with Crippen LogP contribution in [0.1, 0.15) is 6.42 Å². The van der Waals surface area contributed by atoms with Gasteiger partial charge in [0, 0.05) is 18.8 Å². The molecule has 1 atom stereocenters. The second-order valence-corrected chi connectivity index (χ2v) is 4.11. The summed E-state index contributed by atoms with van der Waals surface area (Å²) in [5.74, 6) is 0. The Morgan fingerprint density at radius 3 is 3.12 bits per heavy atom. The number of aliphatic hydroxyl groups excluding tert-OH is 1. The third kappa shape index (κ3) is 1.49. The highest BCUT2D eigenvalue weighted by Gasteiger charge is 2.24. The fraction of sp³-hybridized carbons (Fsp3) is 0.364. The van der Waals surface area contributed by atoms with Gasteiger partial charge in [-0.15, -0.1) is 0 Å². The van der Waals surface area contributed by atoms with Crippen molar-refractivity contribution in [1.82, 2.24) is 4.98 Å². The molecule has 5 nitrogen and oxygen atoms in total. The minimum atomic E-state index is -0.278. The van der Waals surface area contributed by atoms with Crippen LogP contribution in [0.25, 0.3) is 11.1 Å². The first kappa shape index (κ1) is 9.47. The van der Waals surface area contributed by atoms with Crippen molar-refractivity contribution < 1.29 is 9.52 Å². The summed E-state index contributed by atoms with van der Waals surface area (Å²) in [5, 5.41) is 9.45. The maximum Gasteiger partial charge on any atom is 0.298 e. The van der Waals surface area contributed by atoms with Gasteiger partial charge < -0.3 is 20.2 Å². The van der Waals surface area contributed by atoms with Crippen LogP contribution in [0, 0.1) is 0 Å². The Bertz CT molecular complexity index is 523. The zero-order valence-corrected chi connectivity index (χ0v) is 8.76. The number of benzene rings is 1. The summed E-state index contributed by atoms with van der Waals surface area (Å²) in [4.78, 5) is 6.30. The molecule has 1 saturated heterocycles. The Balaban J connectivity index is 1.99. The molecule has 1 aliphatic heterocycles. The molecule has 0 amide bonds. The summed E-state index contributed by atoms with van der Waals surface area (Å²) < 4.78 is 5.60. The number of rotatable bonds is 1. The SMILES string of the molecule is Nc1ccc2oc(N3CC[C@H](O)C3)nc2c1. The molecule has 1 aliphatic rings. The van der Waals surface area contributed by atoms with Crippen LogP contribution in [0.15, 0.2) is 22.6 Å². The van der Waals surface area contributed by atoms with Gasteiger partial charge in [-0.05, 0) is 24.6 Å². The zero-order chi connectivity index (χ0) is 11.1. The molecule has 0 saturated carbocycles. The van der Waals surface area contributed by atoms with Gasteiger partial charge in [0.1, 0.15) is 5.52 Å². The van der Waals surface area contributed by atoms with Crippen LogP contribution in [-0.4, -0.2) is 29.3 Å². The van der Waals surface area contributed by atoms with E-state index in [9.17, 15) is 5.11 Å². The molecule has 5 heteroatoms. The molecule has 0 aliphatic carbocycles. The molecule has 16 heavy (non-hydrogen) atoms. The van der Waals surface area contributed by atoms with E-state index in [1.54, 1.807) is 12.1 Å². The second-order valence-electron chi connectivity index (χ2n) is 4.11. The monoisotopic (exact) mass is 219 g/mol. The van der Waals surface area contributed by atoms with Crippen molar-refractivity contribution in [2.24, 2.45) is 0 Å². The van der Waals surface area contributed by atoms with Crippen LogP contribution in [0.4, 0.5) is 11.7 Å². The summed E-state index contributed by atoms with van der Waals surface area (Å²) >= 11 is 0. The van der Waals surface area contributed by atoms with Crippen molar-refractivity contribution in [3.05, 3.63) is 18.2 Å². The molecular formula is C11H13N3O2. The summed E-state index contributed by atoms with van der Waals surface area (Å²) in [7, 11) is 0. The summed E-state index contributed by atoms with van der Waals surface area (Å²) in [6.45, 7) is 1.37. The minimum absolute atomic E-state index is 0.278. The van der Waals surface area contributed by atoms with Crippen molar-refractivity contribution in [1.29, 1.82) is 0 Å². The molecule has 1 fully saturated rings. The van der Waals surface area contributed by atoms with Crippen molar-refractivity contribution in [2.45, 2.75) is 12.5 Å². The Hall–Kier alpha value is -1.75. The molecule has 1 aromatic heterocycles. The van der Waals surface area contributed by atoms with E-state index in [2.05, 4.69) is 4.98 Å². The smallest absolute Gasteiger partial charge is 0.298 e. The van der Waals surface area contributed by atoms with Crippen LogP contribution in [0.5, 0.6) is 0 Å². The highest BCUT2D eigenvalue weighted by atomic mass is 16.4. The fourth-order valence-electron chi connectivity index (χ4n) is 1.98. The molecule has 3 N–H and O–H groups in total. The molecule has 2 aromatic rings. The molecule has 2 heterocycles. The van der Waals surface area contributed by atoms with Crippen LogP contribution in [-0.2, 0) is 0 Å². The Morgan fingerprint density at radius 2 is 2.38 bits per heavy atom. The molecule has 1 aromatic carbocycles. The topological polar surface area (TPSA) is 75.5 Å². The highest BCUT2D eigenvalue weighted by Crippen LogP contribution is 2.25. The van der Waals surface area contributed by atoms with Gasteiger partial charge >= 0.3 is 0 Å². The van der Waals surface area contributed by atoms with Gasteiger partial charge in [0.15, 0.2) is 5.58 Å². The number of nitrogen functional groups attached to an aromatic ring is 1. The Morgan fingerprint density at radius 1 is 1.50 bits per heavy atom. The molecule has 3 rings (SSSR count). The zero-order valence-electron chi connectivity index (χ0n) is 8.76. The number of anilines is 2. The number of nitrogens with zero attached hydrogens (tertiary/aromatic N) is 2. The van der Waals surface area contributed by atoms with E-state index >= 15 is 0 Å². The maximum atomic E-state index is 9.45. The predicted octanol–water partition coefficient (Wildman–Crippen LogP) is 0.981. The molecule has 0 spiro atoms. The van der Waals surface area contributed by atoms with E-state index in [0.717, 1.165) is 24.1 Å². The lowest BCUT2D eigenvalue weighted by atomic mass is 10.3. The normalized spacial score (nSPS) is 20.8. The van der Waals surface area contributed by atoms with E-state index in [4.69, 9.17) is 10.2 Å². The van der Waals surface area contributed by atoms with Gasteiger partial charge in [0.25, 0.3) is 6.01 Å². The molecule has 0 bridgehead atoms. The molecule has 0 unspecified atom stereocenters. The first-order chi connectivity index (χ1) is 7.72. The lowest BCUT2D eigenvalue weighted by Crippen LogP contribution is -2.21. The number of oxazole rings is 1. The average Bonchev–Trinajstić information content (AvgIpc) is 2.83. The molecule has 84 valence electrons. The first-order valence-corrected chi connectivity index (χ1v) is 5.31. The second kappa shape index (κ2) is 3.38. The maximum absolute atomic E-state index is 9.45. The van der Waals surface area contributed by atoms with E-state index in [-0.39, 0.29) is 6.10 Å². The first-order valence-electron chi connectivity index (χ1n) is 5.31. The van der Waals surface area contributed by atoms with Crippen LogP contribution < -0.4 is 10.6 Å². The lowest BCUT2D eigenvalue weighted by Gasteiger charge is -2.10. The van der Waals surface area contributed by atoms with E-state index in [1.165, 1.54) is 0 Å². The Kier molecular flexibility index (Phi) is 2.00. The largest absolute Gasteiger partial charge is 0.423 e. The Labute approximate surface area is 92.5 Å². The third-order valence-electron chi connectivity index (χ3n) is 2.83. The number of nitrogens with two attached hydrogens (primary N) is 1. The van der Waals surface area contributed by atoms with Gasteiger partial charge in [0.05, 0.1) is 6.10 Å². The third-order valence-corrected chi connectivity index (χ3v) is 2.83. The van der Waals surface area contributed by atoms with Crippen molar-refractivity contribution in [3.8, 4) is 0 Å². The van der Waals surface area contributed by atoms with Crippen molar-refractivity contribution >= 4 is 22.8 Å². The van der Waals surface area contributed by atoms with Crippen LogP contribution in [0.3, 0.4) is 0 Å². The highest BCUT2D eigenvalue weighted by molar-refractivity contribution is 5.78. The van der Waals surface area contributed by atoms with Gasteiger partial charge in [0.2, 0.25) is 0 Å². The van der Waals surface area contributed by atoms with Gasteiger partial charge in [-0.3, -0.25) is 0 Å². The van der Waals surface area contributed by atoms with E-state index in [0.29, 0.717) is 18.2 Å². The predicted molar refractivity (Wildman–Crippen MR) is 61.3 cm³/mol. The van der Waals surface area contributed by atoms with Gasteiger partial charge in [-0.1, -0.05) is 0 Å². The molecular weight excluding hydrogens is 206 g/mol. The fourth-order valence-corrected chi connectivity index (χ4v) is 1.98. The van der Waals surface area contributed by atoms with Crippen LogP contribution in [0.2, 0.25) is 0 Å². The van der Waals surface area contributed by atoms with E-state index < -0.39 is 0 Å². The lowest BCUT2D eigenvalue weighted by molar-refractivity contribution is 0.198. The van der Waals surface area contributed by atoms with E-state index in [1.807, 2.05) is 11.0 Å². The van der Waals surface area contributed by atoms with Crippen molar-refractivity contribution in [3.63, 3.8) is 0 Å². The average molecular weight is 219 g/mol. The summed E-state index contributed by atoms with van der Waals surface area (Å²) in [5.41, 5.74) is 7.84. The number of aromatic nitrogens is 1.